The van der Waals surface area contributed by atoms with Gasteiger partial charge in [0.15, 0.2) is 0 Å². The maximum absolute atomic E-state index is 13.7. The molecule has 5 nitrogen and oxygen atoms in total. The van der Waals surface area contributed by atoms with Crippen molar-refractivity contribution in [1.82, 2.24) is 14.5 Å². The molecule has 21 heavy (non-hydrogen) atoms. The Labute approximate surface area is 121 Å². The summed E-state index contributed by atoms with van der Waals surface area (Å²) < 4.78 is 16.1. The largest absolute Gasteiger partial charge is 0.330 e. The van der Waals surface area contributed by atoms with Crippen LogP contribution in [-0.4, -0.2) is 9.13 Å². The molecule has 0 aliphatic rings. The molecule has 6 heteroatoms. The number of nitrogens with zero attached hydrogens (tertiary/aromatic N) is 2. The Bertz CT molecular complexity index is 764. The second-order valence-electron chi connectivity index (χ2n) is 5.00. The molecule has 0 saturated heterocycles. The van der Waals surface area contributed by atoms with Crippen LogP contribution >= 0.6 is 0 Å². The minimum absolute atomic E-state index is 0.231. The fourth-order valence-electron chi connectivity index (χ4n) is 2.14. The Morgan fingerprint density at radius 3 is 2.52 bits per heavy atom. The normalized spacial score (nSPS) is 12.4. The van der Waals surface area contributed by atoms with Gasteiger partial charge in [-0.05, 0) is 13.0 Å². The molecular weight excluding hydrogens is 273 g/mol. The van der Waals surface area contributed by atoms with E-state index in [1.807, 2.05) is 6.92 Å². The van der Waals surface area contributed by atoms with E-state index in [1.165, 1.54) is 23.7 Å². The van der Waals surface area contributed by atoms with Gasteiger partial charge in [-0.25, -0.2) is 9.18 Å². The van der Waals surface area contributed by atoms with Crippen molar-refractivity contribution in [3.8, 4) is 0 Å². The highest BCUT2D eigenvalue weighted by Gasteiger charge is 2.11. The quantitative estimate of drug-likeness (QED) is 0.917. The van der Waals surface area contributed by atoms with Gasteiger partial charge in [0.05, 0.1) is 0 Å². The highest BCUT2D eigenvalue weighted by atomic mass is 19.1. The first-order valence-corrected chi connectivity index (χ1v) is 6.65. The summed E-state index contributed by atoms with van der Waals surface area (Å²) >= 11 is 0. The molecule has 1 atom stereocenters. The average Bonchev–Trinajstić information content (AvgIpc) is 2.47. The SMILES string of the molecule is CC(NCc1cc(=O)n(C)c(=O)n1C)c1ccccc1F. The number of hydrogen-bond acceptors (Lipinski definition) is 3. The van der Waals surface area contributed by atoms with Crippen LogP contribution in [0.2, 0.25) is 0 Å². The van der Waals surface area contributed by atoms with E-state index in [0.29, 0.717) is 17.8 Å². The van der Waals surface area contributed by atoms with Crippen molar-refractivity contribution in [3.05, 3.63) is 68.2 Å². The molecule has 0 amide bonds. The fraction of sp³-hybridized carbons (Fsp3) is 0.333. The van der Waals surface area contributed by atoms with E-state index in [4.69, 9.17) is 0 Å². The minimum atomic E-state index is -0.377. The molecule has 0 radical (unpaired) electrons. The first kappa shape index (κ1) is 15.2. The van der Waals surface area contributed by atoms with E-state index in [-0.39, 0.29) is 23.1 Å². The van der Waals surface area contributed by atoms with Gasteiger partial charge in [0, 0.05) is 44.0 Å². The Morgan fingerprint density at radius 2 is 1.86 bits per heavy atom. The third-order valence-corrected chi connectivity index (χ3v) is 3.59. The first-order valence-electron chi connectivity index (χ1n) is 6.65. The monoisotopic (exact) mass is 291 g/mol. The standard InChI is InChI=1S/C15H18FN3O2/c1-10(12-6-4-5-7-13(12)16)17-9-11-8-14(20)19(3)15(21)18(11)2/h4-8,10,17H,9H2,1-3H3. The van der Waals surface area contributed by atoms with Crippen LogP contribution in [-0.2, 0) is 20.6 Å². The smallest absolute Gasteiger partial charge is 0.305 e. The Balaban J connectivity index is 2.20. The lowest BCUT2D eigenvalue weighted by atomic mass is 10.1. The summed E-state index contributed by atoms with van der Waals surface area (Å²) in [5, 5.41) is 3.12. The van der Waals surface area contributed by atoms with Crippen molar-refractivity contribution < 1.29 is 4.39 Å². The van der Waals surface area contributed by atoms with Crippen molar-refractivity contribution in [2.75, 3.05) is 0 Å². The van der Waals surface area contributed by atoms with Gasteiger partial charge in [0.1, 0.15) is 5.82 Å². The van der Waals surface area contributed by atoms with Crippen LogP contribution in [0.3, 0.4) is 0 Å². The van der Waals surface area contributed by atoms with Crippen LogP contribution in [0.25, 0.3) is 0 Å². The van der Waals surface area contributed by atoms with Crippen LogP contribution < -0.4 is 16.6 Å². The summed E-state index contributed by atoms with van der Waals surface area (Å²) in [6.45, 7) is 2.13. The van der Waals surface area contributed by atoms with Gasteiger partial charge in [0.25, 0.3) is 5.56 Å². The summed E-state index contributed by atoms with van der Waals surface area (Å²) in [6, 6.07) is 7.69. The lowest BCUT2D eigenvalue weighted by molar-refractivity contribution is 0.511. The zero-order valence-corrected chi connectivity index (χ0v) is 12.3. The molecule has 1 aromatic heterocycles. The zero-order valence-electron chi connectivity index (χ0n) is 12.3. The molecule has 1 aromatic carbocycles. The molecule has 112 valence electrons. The summed E-state index contributed by atoms with van der Waals surface area (Å²) in [4.78, 5) is 23.5. The second-order valence-corrected chi connectivity index (χ2v) is 5.00. The molecule has 0 spiro atoms. The third-order valence-electron chi connectivity index (χ3n) is 3.59. The second kappa shape index (κ2) is 6.05. The molecule has 1 heterocycles. The molecule has 0 saturated carbocycles. The first-order chi connectivity index (χ1) is 9.91. The molecule has 0 aliphatic carbocycles. The molecular formula is C15H18FN3O2. The molecule has 2 aromatic rings. The molecule has 0 aliphatic heterocycles. The van der Waals surface area contributed by atoms with Crippen LogP contribution in [0.4, 0.5) is 4.39 Å². The maximum Gasteiger partial charge on any atom is 0.330 e. The Hall–Kier alpha value is -2.21. The van der Waals surface area contributed by atoms with Crippen molar-refractivity contribution in [3.63, 3.8) is 0 Å². The molecule has 0 bridgehead atoms. The van der Waals surface area contributed by atoms with Gasteiger partial charge in [-0.15, -0.1) is 0 Å². The zero-order chi connectivity index (χ0) is 15.6. The minimum Gasteiger partial charge on any atom is -0.305 e. The molecule has 1 unspecified atom stereocenters. The van der Waals surface area contributed by atoms with Crippen LogP contribution in [0.15, 0.2) is 39.9 Å². The number of aromatic nitrogens is 2. The van der Waals surface area contributed by atoms with E-state index < -0.39 is 0 Å². The third kappa shape index (κ3) is 3.11. The van der Waals surface area contributed by atoms with Gasteiger partial charge in [-0.3, -0.25) is 13.9 Å². The van der Waals surface area contributed by atoms with Crippen molar-refractivity contribution in [1.29, 1.82) is 0 Å². The van der Waals surface area contributed by atoms with Crippen molar-refractivity contribution >= 4 is 0 Å². The average molecular weight is 291 g/mol. The van der Waals surface area contributed by atoms with Crippen LogP contribution in [0.1, 0.15) is 24.2 Å². The predicted molar refractivity (Wildman–Crippen MR) is 78.6 cm³/mol. The van der Waals surface area contributed by atoms with E-state index in [1.54, 1.807) is 25.2 Å². The van der Waals surface area contributed by atoms with Gasteiger partial charge in [-0.1, -0.05) is 18.2 Å². The Morgan fingerprint density at radius 1 is 1.19 bits per heavy atom. The van der Waals surface area contributed by atoms with Gasteiger partial charge in [-0.2, -0.15) is 0 Å². The number of halogens is 1. The fourth-order valence-corrected chi connectivity index (χ4v) is 2.14. The molecule has 1 N–H and O–H groups in total. The van der Waals surface area contributed by atoms with E-state index in [0.717, 1.165) is 4.57 Å². The van der Waals surface area contributed by atoms with Gasteiger partial charge in [0.2, 0.25) is 0 Å². The summed E-state index contributed by atoms with van der Waals surface area (Å²) in [6.07, 6.45) is 0. The highest BCUT2D eigenvalue weighted by molar-refractivity contribution is 5.20. The van der Waals surface area contributed by atoms with E-state index in [2.05, 4.69) is 5.32 Å². The number of nitrogens with one attached hydrogen (secondary N) is 1. The van der Waals surface area contributed by atoms with Gasteiger partial charge < -0.3 is 5.32 Å². The highest BCUT2D eigenvalue weighted by Crippen LogP contribution is 2.16. The topological polar surface area (TPSA) is 56.0 Å². The van der Waals surface area contributed by atoms with E-state index >= 15 is 0 Å². The van der Waals surface area contributed by atoms with Crippen LogP contribution in [0.5, 0.6) is 0 Å². The lowest BCUT2D eigenvalue weighted by Crippen LogP contribution is -2.39. The summed E-state index contributed by atoms with van der Waals surface area (Å²) in [5.41, 5.74) is 0.379. The maximum atomic E-state index is 13.7. The number of rotatable bonds is 4. The van der Waals surface area contributed by atoms with Crippen molar-refractivity contribution in [2.45, 2.75) is 19.5 Å². The summed E-state index contributed by atoms with van der Waals surface area (Å²) in [7, 11) is 3.04. The van der Waals surface area contributed by atoms with Crippen molar-refractivity contribution in [2.24, 2.45) is 14.1 Å². The van der Waals surface area contributed by atoms with Gasteiger partial charge >= 0.3 is 5.69 Å². The van der Waals surface area contributed by atoms with E-state index in [9.17, 15) is 14.0 Å². The molecule has 0 fully saturated rings. The molecule has 2 rings (SSSR count). The Kier molecular flexibility index (Phi) is 4.37. The predicted octanol–water partition coefficient (Wildman–Crippen LogP) is 1.07. The number of hydrogen-bond donors (Lipinski definition) is 1. The number of benzene rings is 1. The van der Waals surface area contributed by atoms with Crippen LogP contribution in [0, 0.1) is 5.82 Å². The lowest BCUT2D eigenvalue weighted by Gasteiger charge is -2.16. The summed E-state index contributed by atoms with van der Waals surface area (Å²) in [5.74, 6) is -0.282.